The molecule has 1 aliphatic rings. The molecule has 0 aromatic heterocycles. The van der Waals surface area contributed by atoms with Crippen LogP contribution >= 0.6 is 34.2 Å². The number of anilines is 1. The van der Waals surface area contributed by atoms with E-state index in [1.165, 1.54) is 15.7 Å². The summed E-state index contributed by atoms with van der Waals surface area (Å²) in [7, 11) is 2.07. The molecule has 18 heavy (non-hydrogen) atoms. The van der Waals surface area contributed by atoms with E-state index >= 15 is 0 Å². The minimum atomic E-state index is 0.547. The number of hydrogen-bond acceptors (Lipinski definition) is 2. The second-order valence-corrected chi connectivity index (χ2v) is 6.67. The summed E-state index contributed by atoms with van der Waals surface area (Å²) < 4.78 is 1.24. The summed E-state index contributed by atoms with van der Waals surface area (Å²) in [4.78, 5) is 2.51. The van der Waals surface area contributed by atoms with Crippen LogP contribution in [0.2, 0.25) is 5.02 Å². The molecular weight excluding hydrogens is 359 g/mol. The number of benzene rings is 1. The summed E-state index contributed by atoms with van der Waals surface area (Å²) in [6, 6.07) is 7.35. The van der Waals surface area contributed by atoms with Crippen molar-refractivity contribution in [3.05, 3.63) is 26.8 Å². The Morgan fingerprint density at radius 3 is 2.72 bits per heavy atom. The summed E-state index contributed by atoms with van der Waals surface area (Å²) in [5.41, 5.74) is 1.31. The molecular formula is C14H20ClIN2. The standard InChI is InChI=1S/C14H20ClIN2/c1-9-10(2)18(7-6-13(9)17-3)14-5-4-11(15)8-12(14)16/h4-5,8-10,13,17H,6-7H2,1-3H3. The summed E-state index contributed by atoms with van der Waals surface area (Å²) in [6.07, 6.45) is 1.20. The van der Waals surface area contributed by atoms with Crippen molar-refractivity contribution in [2.24, 2.45) is 5.92 Å². The molecule has 1 aromatic carbocycles. The average molecular weight is 379 g/mol. The predicted octanol–water partition coefficient (Wildman–Crippen LogP) is 3.77. The van der Waals surface area contributed by atoms with E-state index in [-0.39, 0.29) is 0 Å². The smallest absolute Gasteiger partial charge is 0.0505 e. The molecule has 1 aromatic rings. The van der Waals surface area contributed by atoms with Gasteiger partial charge in [-0.25, -0.2) is 0 Å². The third-order valence-corrected chi connectivity index (χ3v) is 5.26. The van der Waals surface area contributed by atoms with Crippen LogP contribution in [0.3, 0.4) is 0 Å². The van der Waals surface area contributed by atoms with Crippen LogP contribution in [-0.2, 0) is 0 Å². The monoisotopic (exact) mass is 378 g/mol. The fourth-order valence-electron chi connectivity index (χ4n) is 2.83. The highest BCUT2D eigenvalue weighted by Crippen LogP contribution is 2.32. The Hall–Kier alpha value is -0.000000000000000111. The van der Waals surface area contributed by atoms with Gasteiger partial charge in [0.25, 0.3) is 0 Å². The second-order valence-electron chi connectivity index (χ2n) is 5.07. The quantitative estimate of drug-likeness (QED) is 0.788. The van der Waals surface area contributed by atoms with Crippen LogP contribution in [0.15, 0.2) is 18.2 Å². The largest absolute Gasteiger partial charge is 0.368 e. The highest BCUT2D eigenvalue weighted by atomic mass is 127. The van der Waals surface area contributed by atoms with Crippen LogP contribution in [0, 0.1) is 9.49 Å². The van der Waals surface area contributed by atoms with Gasteiger partial charge in [0.1, 0.15) is 0 Å². The molecule has 4 heteroatoms. The van der Waals surface area contributed by atoms with Gasteiger partial charge in [0.2, 0.25) is 0 Å². The second kappa shape index (κ2) is 5.97. The Balaban J connectivity index is 2.24. The number of nitrogens with one attached hydrogen (secondary N) is 1. The van der Waals surface area contributed by atoms with E-state index in [2.05, 4.69) is 59.8 Å². The summed E-state index contributed by atoms with van der Waals surface area (Å²) >= 11 is 8.41. The van der Waals surface area contributed by atoms with E-state index in [0.29, 0.717) is 18.0 Å². The van der Waals surface area contributed by atoms with Gasteiger partial charge in [-0.3, -0.25) is 0 Å². The average Bonchev–Trinajstić information content (AvgIpc) is 2.34. The van der Waals surface area contributed by atoms with E-state index in [9.17, 15) is 0 Å². The Morgan fingerprint density at radius 2 is 2.11 bits per heavy atom. The van der Waals surface area contributed by atoms with Crippen LogP contribution in [0.1, 0.15) is 20.3 Å². The lowest BCUT2D eigenvalue weighted by Gasteiger charge is -2.44. The number of hydrogen-bond donors (Lipinski definition) is 1. The molecule has 0 radical (unpaired) electrons. The molecule has 3 atom stereocenters. The molecule has 2 rings (SSSR count). The minimum absolute atomic E-state index is 0.547. The molecule has 0 amide bonds. The molecule has 0 bridgehead atoms. The van der Waals surface area contributed by atoms with Gasteiger partial charge in [0, 0.05) is 27.2 Å². The van der Waals surface area contributed by atoms with Gasteiger partial charge in [0.05, 0.1) is 5.69 Å². The Bertz CT molecular complexity index is 424. The molecule has 1 aliphatic heterocycles. The zero-order valence-electron chi connectivity index (χ0n) is 11.1. The van der Waals surface area contributed by atoms with Crippen molar-refractivity contribution >= 4 is 39.9 Å². The summed E-state index contributed by atoms with van der Waals surface area (Å²) in [6.45, 7) is 5.76. The maximum absolute atomic E-state index is 6.03. The van der Waals surface area contributed by atoms with E-state index < -0.39 is 0 Å². The number of rotatable bonds is 2. The van der Waals surface area contributed by atoms with E-state index in [1.54, 1.807) is 0 Å². The zero-order valence-corrected chi connectivity index (χ0v) is 14.0. The van der Waals surface area contributed by atoms with Crippen LogP contribution in [0.5, 0.6) is 0 Å². The first-order valence-corrected chi connectivity index (χ1v) is 7.89. The lowest BCUT2D eigenvalue weighted by atomic mass is 9.87. The van der Waals surface area contributed by atoms with Gasteiger partial charge in [-0.15, -0.1) is 0 Å². The van der Waals surface area contributed by atoms with Gasteiger partial charge in [-0.2, -0.15) is 0 Å². The van der Waals surface area contributed by atoms with Crippen molar-refractivity contribution in [2.75, 3.05) is 18.5 Å². The van der Waals surface area contributed by atoms with Crippen LogP contribution in [-0.4, -0.2) is 25.7 Å². The van der Waals surface area contributed by atoms with Crippen molar-refractivity contribution < 1.29 is 0 Å². The highest BCUT2D eigenvalue weighted by Gasteiger charge is 2.32. The number of nitrogens with zero attached hydrogens (tertiary/aromatic N) is 1. The van der Waals surface area contributed by atoms with Gasteiger partial charge in [-0.1, -0.05) is 18.5 Å². The summed E-state index contributed by atoms with van der Waals surface area (Å²) in [5.74, 6) is 0.648. The third kappa shape index (κ3) is 2.78. The SMILES string of the molecule is CNC1CCN(c2ccc(Cl)cc2I)C(C)C1C. The number of halogens is 2. The molecule has 1 heterocycles. The summed E-state index contributed by atoms with van der Waals surface area (Å²) in [5, 5.41) is 4.24. The molecule has 100 valence electrons. The highest BCUT2D eigenvalue weighted by molar-refractivity contribution is 14.1. The molecule has 0 aliphatic carbocycles. The molecule has 0 saturated carbocycles. The lowest BCUT2D eigenvalue weighted by molar-refractivity contribution is 0.282. The fraction of sp³-hybridized carbons (Fsp3) is 0.571. The van der Waals surface area contributed by atoms with Gasteiger partial charge >= 0.3 is 0 Å². The van der Waals surface area contributed by atoms with Crippen molar-refractivity contribution in [3.8, 4) is 0 Å². The Kier molecular flexibility index (Phi) is 4.78. The normalized spacial score (nSPS) is 28.5. The zero-order chi connectivity index (χ0) is 13.3. The maximum Gasteiger partial charge on any atom is 0.0505 e. The van der Waals surface area contributed by atoms with Crippen molar-refractivity contribution in [3.63, 3.8) is 0 Å². The third-order valence-electron chi connectivity index (χ3n) is 4.16. The maximum atomic E-state index is 6.03. The van der Waals surface area contributed by atoms with Crippen LogP contribution < -0.4 is 10.2 Å². The van der Waals surface area contributed by atoms with Gasteiger partial charge in [0.15, 0.2) is 0 Å². The van der Waals surface area contributed by atoms with Crippen molar-refractivity contribution in [1.29, 1.82) is 0 Å². The molecule has 2 nitrogen and oxygen atoms in total. The predicted molar refractivity (Wildman–Crippen MR) is 87.6 cm³/mol. The molecule has 1 N–H and O–H groups in total. The van der Waals surface area contributed by atoms with Crippen molar-refractivity contribution in [2.45, 2.75) is 32.4 Å². The first kappa shape index (κ1) is 14.4. The van der Waals surface area contributed by atoms with Crippen LogP contribution in [0.25, 0.3) is 0 Å². The van der Waals surface area contributed by atoms with Crippen LogP contribution in [0.4, 0.5) is 5.69 Å². The molecule has 3 unspecified atom stereocenters. The number of piperidine rings is 1. The first-order chi connectivity index (χ1) is 8.54. The Morgan fingerprint density at radius 1 is 1.39 bits per heavy atom. The van der Waals surface area contributed by atoms with Gasteiger partial charge in [-0.05, 0) is 67.1 Å². The van der Waals surface area contributed by atoms with Gasteiger partial charge < -0.3 is 10.2 Å². The topological polar surface area (TPSA) is 15.3 Å². The minimum Gasteiger partial charge on any atom is -0.368 e. The Labute approximate surface area is 128 Å². The van der Waals surface area contributed by atoms with E-state index in [0.717, 1.165) is 11.6 Å². The van der Waals surface area contributed by atoms with E-state index in [4.69, 9.17) is 11.6 Å². The molecule has 1 fully saturated rings. The first-order valence-electron chi connectivity index (χ1n) is 6.43. The lowest BCUT2D eigenvalue weighted by Crippen LogP contribution is -2.53. The molecule has 1 saturated heterocycles. The van der Waals surface area contributed by atoms with E-state index in [1.807, 2.05) is 12.1 Å². The van der Waals surface area contributed by atoms with Crippen molar-refractivity contribution in [1.82, 2.24) is 5.32 Å². The fourth-order valence-corrected chi connectivity index (χ4v) is 4.01. The molecule has 0 spiro atoms.